The Balaban J connectivity index is 2.42. The maximum atomic E-state index is 11.8. The predicted molar refractivity (Wildman–Crippen MR) is 67.4 cm³/mol. The first-order valence-corrected chi connectivity index (χ1v) is 5.90. The van der Waals surface area contributed by atoms with Gasteiger partial charge >= 0.3 is 6.18 Å². The molecule has 0 fully saturated rings. The predicted octanol–water partition coefficient (Wildman–Crippen LogP) is 0.734. The van der Waals surface area contributed by atoms with Crippen molar-refractivity contribution in [2.24, 2.45) is 0 Å². The zero-order valence-electron chi connectivity index (χ0n) is 10.9. The fourth-order valence-corrected chi connectivity index (χ4v) is 1.30. The van der Waals surface area contributed by atoms with Crippen LogP contribution >= 0.6 is 0 Å². The summed E-state index contributed by atoms with van der Waals surface area (Å²) < 4.78 is 39.8. The zero-order valence-corrected chi connectivity index (χ0v) is 10.9. The lowest BCUT2D eigenvalue weighted by Gasteiger charge is -2.08. The molecule has 1 aromatic rings. The van der Waals surface area contributed by atoms with Crippen molar-refractivity contribution >= 4 is 5.91 Å². The molecule has 1 rings (SSSR count). The quantitative estimate of drug-likeness (QED) is 0.621. The van der Waals surface area contributed by atoms with Gasteiger partial charge in [0.05, 0.1) is 12.2 Å². The first-order valence-electron chi connectivity index (χ1n) is 5.90. The van der Waals surface area contributed by atoms with E-state index in [0.717, 1.165) is 0 Å². The number of nitrogens with one attached hydrogen (secondary N) is 1. The molecule has 0 bridgehead atoms. The van der Waals surface area contributed by atoms with Gasteiger partial charge in [-0.15, -0.1) is 0 Å². The Kier molecular flexibility index (Phi) is 6.65. The van der Waals surface area contributed by atoms with Crippen LogP contribution in [0.5, 0.6) is 0 Å². The number of rotatable bonds is 5. The highest BCUT2D eigenvalue weighted by atomic mass is 19.4. The summed E-state index contributed by atoms with van der Waals surface area (Å²) in [7, 11) is 0. The number of alkyl halides is 3. The third-order valence-corrected chi connectivity index (χ3v) is 2.11. The summed E-state index contributed by atoms with van der Waals surface area (Å²) in [5, 5.41) is 11.0. The number of amides is 1. The summed E-state index contributed by atoms with van der Waals surface area (Å²) >= 11 is 0. The first-order chi connectivity index (χ1) is 9.92. The van der Waals surface area contributed by atoms with Gasteiger partial charge in [-0.3, -0.25) is 9.78 Å². The lowest BCUT2D eigenvalue weighted by molar-refractivity contribution is -0.173. The minimum absolute atomic E-state index is 0.0541. The van der Waals surface area contributed by atoms with Crippen molar-refractivity contribution in [1.82, 2.24) is 10.3 Å². The number of hydrogen-bond donors (Lipinski definition) is 2. The average molecular weight is 302 g/mol. The Bertz CT molecular complexity index is 535. The molecule has 5 nitrogen and oxygen atoms in total. The first kappa shape index (κ1) is 16.9. The molecule has 2 N–H and O–H groups in total. The van der Waals surface area contributed by atoms with E-state index < -0.39 is 18.7 Å². The van der Waals surface area contributed by atoms with Gasteiger partial charge in [-0.1, -0.05) is 11.8 Å². The number of ether oxygens (including phenoxy) is 1. The van der Waals surface area contributed by atoms with Crippen molar-refractivity contribution in [1.29, 1.82) is 0 Å². The summed E-state index contributed by atoms with van der Waals surface area (Å²) in [4.78, 5) is 15.5. The molecule has 1 heterocycles. The number of carbonyl (C=O) groups is 1. The number of aromatic nitrogens is 1. The second-order valence-corrected chi connectivity index (χ2v) is 3.85. The minimum atomic E-state index is -4.38. The molecule has 0 aliphatic carbocycles. The molecule has 0 aliphatic rings. The second kappa shape index (κ2) is 8.24. The van der Waals surface area contributed by atoms with Crippen LogP contribution < -0.4 is 5.32 Å². The van der Waals surface area contributed by atoms with Crippen molar-refractivity contribution in [2.45, 2.75) is 6.18 Å². The van der Waals surface area contributed by atoms with Crippen molar-refractivity contribution in [3.63, 3.8) is 0 Å². The molecule has 0 atom stereocenters. The van der Waals surface area contributed by atoms with Gasteiger partial charge in [-0.2, -0.15) is 13.2 Å². The molecular formula is C13H13F3N2O3. The van der Waals surface area contributed by atoms with Crippen LogP contribution in [0.2, 0.25) is 0 Å². The molecule has 1 amide bonds. The van der Waals surface area contributed by atoms with E-state index in [1.165, 1.54) is 18.5 Å². The van der Waals surface area contributed by atoms with E-state index in [0.29, 0.717) is 5.56 Å². The standard InChI is InChI=1S/C13H13F3N2O3/c14-13(15,16)9-21-5-3-18-12(20)11-6-10(2-1-4-19)7-17-8-11/h6-8,19H,3-5,9H2,(H,18,20). The van der Waals surface area contributed by atoms with Crippen LogP contribution in [0, 0.1) is 11.8 Å². The van der Waals surface area contributed by atoms with E-state index in [4.69, 9.17) is 5.11 Å². The van der Waals surface area contributed by atoms with Gasteiger partial charge in [0, 0.05) is 24.5 Å². The van der Waals surface area contributed by atoms with Crippen LogP contribution in [0.1, 0.15) is 15.9 Å². The van der Waals surface area contributed by atoms with E-state index in [1.807, 2.05) is 0 Å². The van der Waals surface area contributed by atoms with Crippen molar-refractivity contribution < 1.29 is 27.8 Å². The fourth-order valence-electron chi connectivity index (χ4n) is 1.30. The summed E-state index contributed by atoms with van der Waals surface area (Å²) in [6, 6.07) is 1.46. The average Bonchev–Trinajstić information content (AvgIpc) is 2.43. The van der Waals surface area contributed by atoms with Crippen LogP contribution in [0.3, 0.4) is 0 Å². The van der Waals surface area contributed by atoms with Crippen molar-refractivity contribution in [2.75, 3.05) is 26.4 Å². The Morgan fingerprint density at radius 3 is 2.86 bits per heavy atom. The topological polar surface area (TPSA) is 71.5 Å². The molecule has 0 saturated carbocycles. The molecule has 0 spiro atoms. The van der Waals surface area contributed by atoms with Crippen LogP contribution in [0.25, 0.3) is 0 Å². The van der Waals surface area contributed by atoms with Crippen molar-refractivity contribution in [3.8, 4) is 11.8 Å². The van der Waals surface area contributed by atoms with Crippen LogP contribution in [-0.2, 0) is 4.74 Å². The van der Waals surface area contributed by atoms with Gasteiger partial charge in [-0.25, -0.2) is 0 Å². The number of nitrogens with zero attached hydrogens (tertiary/aromatic N) is 1. The van der Waals surface area contributed by atoms with Gasteiger partial charge in [0.25, 0.3) is 5.91 Å². The molecule has 0 aliphatic heterocycles. The minimum Gasteiger partial charge on any atom is -0.384 e. The third kappa shape index (κ3) is 7.29. The third-order valence-electron chi connectivity index (χ3n) is 2.11. The van der Waals surface area contributed by atoms with Crippen LogP contribution in [0.4, 0.5) is 13.2 Å². The van der Waals surface area contributed by atoms with Gasteiger partial charge in [0.15, 0.2) is 0 Å². The van der Waals surface area contributed by atoms with Crippen LogP contribution in [0.15, 0.2) is 18.5 Å². The largest absolute Gasteiger partial charge is 0.411 e. The fraction of sp³-hybridized carbons (Fsp3) is 0.385. The number of carbonyl (C=O) groups excluding carboxylic acids is 1. The van der Waals surface area contributed by atoms with Gasteiger partial charge < -0.3 is 15.2 Å². The smallest absolute Gasteiger partial charge is 0.384 e. The molecule has 21 heavy (non-hydrogen) atoms. The Labute approximate surface area is 119 Å². The summed E-state index contributed by atoms with van der Waals surface area (Å²) in [6.45, 7) is -1.96. The second-order valence-electron chi connectivity index (χ2n) is 3.85. The molecule has 1 aromatic heterocycles. The molecule has 8 heteroatoms. The van der Waals surface area contributed by atoms with Gasteiger partial charge in [0.1, 0.15) is 13.2 Å². The van der Waals surface area contributed by atoms with E-state index in [-0.39, 0.29) is 25.3 Å². The lowest BCUT2D eigenvalue weighted by Crippen LogP contribution is -2.29. The van der Waals surface area contributed by atoms with Gasteiger partial charge in [-0.05, 0) is 6.07 Å². The number of hydrogen-bond acceptors (Lipinski definition) is 4. The maximum absolute atomic E-state index is 11.8. The highest BCUT2D eigenvalue weighted by Crippen LogP contribution is 2.13. The number of pyridine rings is 1. The number of aliphatic hydroxyl groups excluding tert-OH is 1. The zero-order chi connectivity index (χ0) is 15.7. The monoisotopic (exact) mass is 302 g/mol. The van der Waals surface area contributed by atoms with E-state index in [2.05, 4.69) is 26.9 Å². The molecule has 0 unspecified atom stereocenters. The maximum Gasteiger partial charge on any atom is 0.411 e. The van der Waals surface area contributed by atoms with Crippen LogP contribution in [-0.4, -0.2) is 48.5 Å². The summed E-state index contributed by atoms with van der Waals surface area (Å²) in [5.74, 6) is 4.51. The molecule has 0 aromatic carbocycles. The lowest BCUT2D eigenvalue weighted by atomic mass is 10.2. The van der Waals surface area contributed by atoms with Crippen molar-refractivity contribution in [3.05, 3.63) is 29.6 Å². The Morgan fingerprint density at radius 2 is 2.19 bits per heavy atom. The summed E-state index contributed by atoms with van der Waals surface area (Å²) in [6.07, 6.45) is -1.66. The molecule has 0 saturated heterocycles. The normalized spacial score (nSPS) is 10.7. The highest BCUT2D eigenvalue weighted by Gasteiger charge is 2.27. The van der Waals surface area contributed by atoms with E-state index in [1.54, 1.807) is 0 Å². The Morgan fingerprint density at radius 1 is 1.43 bits per heavy atom. The number of halogens is 3. The SMILES string of the molecule is O=C(NCCOCC(F)(F)F)c1cncc(C#CCO)c1. The number of aliphatic hydroxyl groups is 1. The van der Waals surface area contributed by atoms with Gasteiger partial charge in [0.2, 0.25) is 0 Å². The highest BCUT2D eigenvalue weighted by molar-refractivity contribution is 5.94. The molecule has 114 valence electrons. The van der Waals surface area contributed by atoms with E-state index in [9.17, 15) is 18.0 Å². The summed E-state index contributed by atoms with van der Waals surface area (Å²) in [5.41, 5.74) is 0.667. The molecular weight excluding hydrogens is 289 g/mol. The Hall–Kier alpha value is -2.11. The van der Waals surface area contributed by atoms with E-state index >= 15 is 0 Å². The molecule has 0 radical (unpaired) electrons.